The quantitative estimate of drug-likeness (QED) is 0.338. The molecule has 0 saturated carbocycles. The van der Waals surface area contributed by atoms with Crippen LogP contribution in [0.3, 0.4) is 0 Å². The van der Waals surface area contributed by atoms with Crippen LogP contribution >= 0.6 is 0 Å². The molecular weight excluding hydrogens is 160 g/mol. The van der Waals surface area contributed by atoms with E-state index in [-0.39, 0.29) is 6.42 Å². The third-order valence-electron chi connectivity index (χ3n) is 1.07. The third-order valence-corrected chi connectivity index (χ3v) is 1.07. The number of alkyl halides is 4. The van der Waals surface area contributed by atoms with E-state index in [4.69, 9.17) is 0 Å². The van der Waals surface area contributed by atoms with E-state index in [1.165, 1.54) is 6.08 Å². The standard InChI is InChI=1S/C7H10F4/c8-5-3-1-2-4-6(9)7(10)11/h2,4,6-7H,1,3,5H2. The van der Waals surface area contributed by atoms with Crippen molar-refractivity contribution in [3.05, 3.63) is 12.2 Å². The van der Waals surface area contributed by atoms with E-state index in [1.807, 2.05) is 0 Å². The molecule has 0 aromatic rings. The van der Waals surface area contributed by atoms with Gasteiger partial charge in [-0.2, -0.15) is 0 Å². The molecule has 66 valence electrons. The molecule has 0 nitrogen and oxygen atoms in total. The van der Waals surface area contributed by atoms with Crippen molar-refractivity contribution in [1.29, 1.82) is 0 Å². The van der Waals surface area contributed by atoms with E-state index in [2.05, 4.69) is 0 Å². The monoisotopic (exact) mass is 170 g/mol. The van der Waals surface area contributed by atoms with Crippen LogP contribution < -0.4 is 0 Å². The Labute approximate surface area is 62.9 Å². The van der Waals surface area contributed by atoms with Gasteiger partial charge < -0.3 is 0 Å². The molecule has 0 aromatic carbocycles. The lowest BCUT2D eigenvalue weighted by molar-refractivity contribution is 0.0749. The number of rotatable bonds is 5. The first kappa shape index (κ1) is 10.5. The van der Waals surface area contributed by atoms with Gasteiger partial charge in [-0.1, -0.05) is 6.08 Å². The van der Waals surface area contributed by atoms with E-state index in [9.17, 15) is 17.6 Å². The summed E-state index contributed by atoms with van der Waals surface area (Å²) in [7, 11) is 0. The minimum absolute atomic E-state index is 0.256. The summed E-state index contributed by atoms with van der Waals surface area (Å²) in [6, 6.07) is 0. The van der Waals surface area contributed by atoms with Crippen molar-refractivity contribution in [2.75, 3.05) is 6.67 Å². The van der Waals surface area contributed by atoms with Gasteiger partial charge in [-0.15, -0.1) is 0 Å². The van der Waals surface area contributed by atoms with Crippen molar-refractivity contribution < 1.29 is 17.6 Å². The van der Waals surface area contributed by atoms with Gasteiger partial charge in [0.05, 0.1) is 6.67 Å². The molecule has 0 amide bonds. The van der Waals surface area contributed by atoms with Crippen molar-refractivity contribution in [2.24, 2.45) is 0 Å². The van der Waals surface area contributed by atoms with Crippen molar-refractivity contribution >= 4 is 0 Å². The summed E-state index contributed by atoms with van der Waals surface area (Å²) in [5.41, 5.74) is 0. The molecule has 0 spiro atoms. The van der Waals surface area contributed by atoms with Crippen LogP contribution in [0.25, 0.3) is 0 Å². The minimum Gasteiger partial charge on any atom is -0.251 e. The summed E-state index contributed by atoms with van der Waals surface area (Å²) >= 11 is 0. The van der Waals surface area contributed by atoms with Crippen molar-refractivity contribution in [3.63, 3.8) is 0 Å². The molecule has 0 heterocycles. The highest BCUT2D eigenvalue weighted by Gasteiger charge is 2.14. The SMILES string of the molecule is FCCCC=CC(F)C(F)F. The fourth-order valence-corrected chi connectivity index (χ4v) is 0.505. The van der Waals surface area contributed by atoms with Gasteiger partial charge in [0.25, 0.3) is 6.43 Å². The summed E-state index contributed by atoms with van der Waals surface area (Å²) < 4.78 is 46.3. The van der Waals surface area contributed by atoms with Crippen LogP contribution in [-0.4, -0.2) is 19.3 Å². The molecule has 0 aromatic heterocycles. The van der Waals surface area contributed by atoms with Crippen molar-refractivity contribution in [3.8, 4) is 0 Å². The van der Waals surface area contributed by atoms with Crippen molar-refractivity contribution in [2.45, 2.75) is 25.4 Å². The van der Waals surface area contributed by atoms with Gasteiger partial charge in [0, 0.05) is 0 Å². The molecule has 0 aliphatic rings. The van der Waals surface area contributed by atoms with E-state index in [1.54, 1.807) is 0 Å². The first-order valence-electron chi connectivity index (χ1n) is 3.33. The summed E-state index contributed by atoms with van der Waals surface area (Å²) in [5.74, 6) is 0. The fourth-order valence-electron chi connectivity index (χ4n) is 0.505. The highest BCUT2D eigenvalue weighted by atomic mass is 19.3. The maximum absolute atomic E-state index is 12.0. The molecule has 0 radical (unpaired) electrons. The summed E-state index contributed by atoms with van der Waals surface area (Å²) in [6.45, 7) is -0.504. The van der Waals surface area contributed by atoms with Gasteiger partial charge >= 0.3 is 0 Å². The second-order valence-corrected chi connectivity index (χ2v) is 2.04. The predicted molar refractivity (Wildman–Crippen MR) is 35.2 cm³/mol. The highest BCUT2D eigenvalue weighted by molar-refractivity contribution is 4.89. The second kappa shape index (κ2) is 6.19. The Morgan fingerprint density at radius 3 is 2.27 bits per heavy atom. The lowest BCUT2D eigenvalue weighted by Crippen LogP contribution is -2.07. The number of halogens is 4. The molecule has 0 aliphatic heterocycles. The van der Waals surface area contributed by atoms with Gasteiger partial charge in [0.2, 0.25) is 0 Å². The molecule has 4 heteroatoms. The summed E-state index contributed by atoms with van der Waals surface area (Å²) in [4.78, 5) is 0. The zero-order valence-electron chi connectivity index (χ0n) is 5.94. The van der Waals surface area contributed by atoms with Crippen molar-refractivity contribution in [1.82, 2.24) is 0 Å². The van der Waals surface area contributed by atoms with Crippen LogP contribution in [0.15, 0.2) is 12.2 Å². The van der Waals surface area contributed by atoms with Gasteiger partial charge in [-0.3, -0.25) is 4.39 Å². The largest absolute Gasteiger partial charge is 0.272 e. The molecule has 0 bridgehead atoms. The average Bonchev–Trinajstić information content (AvgIpc) is 1.97. The Balaban J connectivity index is 3.40. The van der Waals surface area contributed by atoms with E-state index in [0.29, 0.717) is 6.42 Å². The van der Waals surface area contributed by atoms with Crippen LogP contribution in [0.1, 0.15) is 12.8 Å². The maximum Gasteiger partial charge on any atom is 0.272 e. The van der Waals surface area contributed by atoms with Crippen LogP contribution in [0.2, 0.25) is 0 Å². The van der Waals surface area contributed by atoms with Crippen LogP contribution in [0, 0.1) is 0 Å². The Kier molecular flexibility index (Phi) is 5.88. The Hall–Kier alpha value is -0.540. The first-order valence-corrected chi connectivity index (χ1v) is 3.33. The Morgan fingerprint density at radius 1 is 1.18 bits per heavy atom. The topological polar surface area (TPSA) is 0 Å². The normalized spacial score (nSPS) is 14.6. The molecule has 0 fully saturated rings. The fraction of sp³-hybridized carbons (Fsp3) is 0.714. The minimum atomic E-state index is -2.98. The number of hydrogen-bond donors (Lipinski definition) is 0. The second-order valence-electron chi connectivity index (χ2n) is 2.04. The maximum atomic E-state index is 12.0. The number of allylic oxidation sites excluding steroid dienone is 2. The van der Waals surface area contributed by atoms with Gasteiger partial charge in [0.15, 0.2) is 6.17 Å². The van der Waals surface area contributed by atoms with Crippen LogP contribution in [0.4, 0.5) is 17.6 Å². The zero-order valence-corrected chi connectivity index (χ0v) is 5.94. The molecule has 0 rings (SSSR count). The molecule has 1 atom stereocenters. The van der Waals surface area contributed by atoms with Crippen LogP contribution in [0.5, 0.6) is 0 Å². The van der Waals surface area contributed by atoms with E-state index < -0.39 is 19.3 Å². The Bertz CT molecular complexity index is 111. The van der Waals surface area contributed by atoms with E-state index in [0.717, 1.165) is 6.08 Å². The molecule has 0 saturated heterocycles. The van der Waals surface area contributed by atoms with Crippen LogP contribution in [-0.2, 0) is 0 Å². The molecule has 11 heavy (non-hydrogen) atoms. The lowest BCUT2D eigenvalue weighted by atomic mass is 10.2. The number of hydrogen-bond acceptors (Lipinski definition) is 0. The molecule has 0 aliphatic carbocycles. The molecular formula is C7H10F4. The van der Waals surface area contributed by atoms with Gasteiger partial charge in [-0.05, 0) is 18.9 Å². The van der Waals surface area contributed by atoms with Gasteiger partial charge in [-0.25, -0.2) is 13.2 Å². The van der Waals surface area contributed by atoms with E-state index >= 15 is 0 Å². The predicted octanol–water partition coefficient (Wildman–Crippen LogP) is 2.90. The lowest BCUT2D eigenvalue weighted by Gasteiger charge is -1.98. The van der Waals surface area contributed by atoms with Gasteiger partial charge in [0.1, 0.15) is 0 Å². The smallest absolute Gasteiger partial charge is 0.251 e. The zero-order chi connectivity index (χ0) is 8.69. The summed E-state index contributed by atoms with van der Waals surface area (Å²) in [6.07, 6.45) is -2.63. The molecule has 1 unspecified atom stereocenters. The molecule has 0 N–H and O–H groups in total. The third kappa shape index (κ3) is 5.88. The average molecular weight is 170 g/mol. The highest BCUT2D eigenvalue weighted by Crippen LogP contribution is 2.07. The first-order chi connectivity index (χ1) is 5.18. The Morgan fingerprint density at radius 2 is 1.82 bits per heavy atom. The summed E-state index contributed by atoms with van der Waals surface area (Å²) in [5, 5.41) is 0. The number of unbranched alkanes of at least 4 members (excludes halogenated alkanes) is 1.